The summed E-state index contributed by atoms with van der Waals surface area (Å²) in [4.78, 5) is 18.6. The second kappa shape index (κ2) is 6.68. The Labute approximate surface area is 140 Å². The minimum Gasteiger partial charge on any atom is -0.375 e. The zero-order valence-electron chi connectivity index (χ0n) is 13.6. The molecule has 0 N–H and O–H groups in total. The molecule has 1 fully saturated rings. The van der Waals surface area contributed by atoms with Crippen molar-refractivity contribution in [3.63, 3.8) is 0 Å². The van der Waals surface area contributed by atoms with E-state index in [0.717, 1.165) is 36.9 Å². The number of carbonyl (C=O) groups is 1. The van der Waals surface area contributed by atoms with Gasteiger partial charge in [0.05, 0.1) is 18.8 Å². The van der Waals surface area contributed by atoms with Crippen LogP contribution in [0.3, 0.4) is 0 Å². The monoisotopic (exact) mass is 327 g/mol. The van der Waals surface area contributed by atoms with E-state index in [1.54, 1.807) is 24.5 Å². The van der Waals surface area contributed by atoms with E-state index in [1.165, 1.54) is 12.8 Å². The lowest BCUT2D eigenvalue weighted by Crippen LogP contribution is -2.31. The molecule has 126 valence electrons. The van der Waals surface area contributed by atoms with Crippen molar-refractivity contribution in [3.8, 4) is 0 Å². The first-order valence-corrected chi connectivity index (χ1v) is 8.49. The minimum atomic E-state index is 0.0249. The molecule has 7 heteroatoms. The highest BCUT2D eigenvalue weighted by molar-refractivity contribution is 5.94. The van der Waals surface area contributed by atoms with E-state index in [4.69, 9.17) is 4.74 Å². The number of rotatable bonds is 5. The fourth-order valence-corrected chi connectivity index (χ4v) is 2.96. The molecule has 0 atom stereocenters. The molecule has 0 unspecified atom stereocenters. The van der Waals surface area contributed by atoms with Gasteiger partial charge in [-0.05, 0) is 37.3 Å². The molecular formula is C17H21N5O2. The molecule has 1 aliphatic heterocycles. The van der Waals surface area contributed by atoms with Crippen LogP contribution < -0.4 is 0 Å². The van der Waals surface area contributed by atoms with E-state index in [2.05, 4.69) is 15.3 Å². The van der Waals surface area contributed by atoms with Gasteiger partial charge in [0.2, 0.25) is 0 Å². The Bertz CT molecular complexity index is 711. The molecule has 24 heavy (non-hydrogen) atoms. The fourth-order valence-electron chi connectivity index (χ4n) is 2.96. The average Bonchev–Trinajstić information content (AvgIpc) is 3.40. The van der Waals surface area contributed by atoms with Crippen molar-refractivity contribution in [2.75, 3.05) is 13.2 Å². The topological polar surface area (TPSA) is 73.1 Å². The van der Waals surface area contributed by atoms with Gasteiger partial charge in [-0.3, -0.25) is 9.78 Å². The maximum Gasteiger partial charge on any atom is 0.254 e. The van der Waals surface area contributed by atoms with E-state index in [1.807, 2.05) is 9.58 Å². The van der Waals surface area contributed by atoms with Crippen LogP contribution in [-0.4, -0.2) is 43.9 Å². The number of aryl methyl sites for hydroxylation is 1. The Morgan fingerprint density at radius 1 is 1.25 bits per heavy atom. The quantitative estimate of drug-likeness (QED) is 0.835. The number of ether oxygens (including phenoxy) is 1. The van der Waals surface area contributed by atoms with Crippen molar-refractivity contribution in [1.82, 2.24) is 24.9 Å². The van der Waals surface area contributed by atoms with Crippen LogP contribution in [0.1, 0.15) is 41.0 Å². The lowest BCUT2D eigenvalue weighted by Gasteiger charge is -2.20. The number of pyridine rings is 1. The van der Waals surface area contributed by atoms with Gasteiger partial charge in [-0.25, -0.2) is 4.68 Å². The van der Waals surface area contributed by atoms with Gasteiger partial charge in [0.15, 0.2) is 0 Å². The summed E-state index contributed by atoms with van der Waals surface area (Å²) in [6, 6.07) is 3.50. The summed E-state index contributed by atoms with van der Waals surface area (Å²) in [6.45, 7) is 3.29. The van der Waals surface area contributed by atoms with Crippen LogP contribution in [0, 0.1) is 5.92 Å². The molecule has 2 aromatic heterocycles. The summed E-state index contributed by atoms with van der Waals surface area (Å²) in [7, 11) is 0. The molecular weight excluding hydrogens is 306 g/mol. The van der Waals surface area contributed by atoms with Gasteiger partial charge >= 0.3 is 0 Å². The number of fused-ring (bicyclic) bond motifs is 1. The van der Waals surface area contributed by atoms with E-state index in [-0.39, 0.29) is 5.91 Å². The summed E-state index contributed by atoms with van der Waals surface area (Å²) >= 11 is 0. The Morgan fingerprint density at radius 3 is 2.88 bits per heavy atom. The van der Waals surface area contributed by atoms with Crippen LogP contribution in [-0.2, 0) is 24.4 Å². The first kappa shape index (κ1) is 15.3. The van der Waals surface area contributed by atoms with Crippen LogP contribution in [0.15, 0.2) is 24.5 Å². The van der Waals surface area contributed by atoms with E-state index >= 15 is 0 Å². The lowest BCUT2D eigenvalue weighted by atomic mass is 10.2. The zero-order valence-corrected chi connectivity index (χ0v) is 13.6. The van der Waals surface area contributed by atoms with Gasteiger partial charge in [-0.2, -0.15) is 0 Å². The molecule has 1 aliphatic carbocycles. The molecule has 0 spiro atoms. The van der Waals surface area contributed by atoms with Crippen molar-refractivity contribution in [1.29, 1.82) is 0 Å². The van der Waals surface area contributed by atoms with Crippen molar-refractivity contribution < 1.29 is 9.53 Å². The summed E-state index contributed by atoms with van der Waals surface area (Å²) < 4.78 is 7.67. The van der Waals surface area contributed by atoms with Gasteiger partial charge in [-0.1, -0.05) is 5.21 Å². The SMILES string of the molecule is O=C(c1ccncc1)N1CCCn2nnc(COCC3CC3)c2C1. The smallest absolute Gasteiger partial charge is 0.254 e. The molecule has 7 nitrogen and oxygen atoms in total. The van der Waals surface area contributed by atoms with E-state index in [0.29, 0.717) is 25.3 Å². The summed E-state index contributed by atoms with van der Waals surface area (Å²) in [5.74, 6) is 0.751. The molecule has 2 aliphatic rings. The Kier molecular flexibility index (Phi) is 4.25. The second-order valence-corrected chi connectivity index (χ2v) is 6.48. The third kappa shape index (κ3) is 3.31. The van der Waals surface area contributed by atoms with Gasteiger partial charge in [0, 0.05) is 37.7 Å². The van der Waals surface area contributed by atoms with Crippen LogP contribution in [0.2, 0.25) is 0 Å². The first-order chi connectivity index (χ1) is 11.8. The first-order valence-electron chi connectivity index (χ1n) is 8.49. The normalized spacial score (nSPS) is 17.4. The lowest BCUT2D eigenvalue weighted by molar-refractivity contribution is 0.0741. The molecule has 0 saturated heterocycles. The molecule has 0 radical (unpaired) electrons. The van der Waals surface area contributed by atoms with Crippen molar-refractivity contribution >= 4 is 5.91 Å². The minimum absolute atomic E-state index is 0.0249. The largest absolute Gasteiger partial charge is 0.375 e. The number of hydrogen-bond donors (Lipinski definition) is 0. The Hall–Kier alpha value is -2.28. The molecule has 4 rings (SSSR count). The van der Waals surface area contributed by atoms with Crippen LogP contribution in [0.25, 0.3) is 0 Å². The van der Waals surface area contributed by atoms with Gasteiger partial charge in [0.1, 0.15) is 5.69 Å². The van der Waals surface area contributed by atoms with Crippen molar-refractivity contribution in [2.45, 2.75) is 39.0 Å². The Morgan fingerprint density at radius 2 is 2.08 bits per heavy atom. The van der Waals surface area contributed by atoms with Crippen LogP contribution in [0.4, 0.5) is 0 Å². The van der Waals surface area contributed by atoms with Gasteiger partial charge < -0.3 is 9.64 Å². The number of hydrogen-bond acceptors (Lipinski definition) is 5. The van der Waals surface area contributed by atoms with E-state index < -0.39 is 0 Å². The molecule has 1 saturated carbocycles. The third-order valence-electron chi connectivity index (χ3n) is 4.56. The number of aromatic nitrogens is 4. The van der Waals surface area contributed by atoms with Gasteiger partial charge in [-0.15, -0.1) is 5.10 Å². The van der Waals surface area contributed by atoms with Crippen molar-refractivity contribution in [2.24, 2.45) is 5.92 Å². The standard InChI is InChI=1S/C17H21N5O2/c23-17(14-4-6-18-7-5-14)21-8-1-9-22-16(10-21)15(19-20-22)12-24-11-13-2-3-13/h4-7,13H,1-3,8-12H2. The third-order valence-corrected chi connectivity index (χ3v) is 4.56. The second-order valence-electron chi connectivity index (χ2n) is 6.48. The molecule has 0 aromatic carbocycles. The maximum atomic E-state index is 12.7. The summed E-state index contributed by atoms with van der Waals surface area (Å²) in [5.41, 5.74) is 2.51. The predicted octanol–water partition coefficient (Wildman–Crippen LogP) is 1.65. The highest BCUT2D eigenvalue weighted by Gasteiger charge is 2.25. The van der Waals surface area contributed by atoms with Crippen LogP contribution >= 0.6 is 0 Å². The van der Waals surface area contributed by atoms with Gasteiger partial charge in [0.25, 0.3) is 5.91 Å². The van der Waals surface area contributed by atoms with Crippen molar-refractivity contribution in [3.05, 3.63) is 41.5 Å². The molecule has 0 bridgehead atoms. The highest BCUT2D eigenvalue weighted by atomic mass is 16.5. The predicted molar refractivity (Wildman–Crippen MR) is 86.0 cm³/mol. The average molecular weight is 327 g/mol. The fraction of sp³-hybridized carbons (Fsp3) is 0.529. The molecule has 3 heterocycles. The zero-order chi connectivity index (χ0) is 16.4. The number of amides is 1. The molecule has 2 aromatic rings. The summed E-state index contributed by atoms with van der Waals surface area (Å²) in [6.07, 6.45) is 6.71. The number of carbonyl (C=O) groups excluding carboxylic acids is 1. The van der Waals surface area contributed by atoms with E-state index in [9.17, 15) is 4.79 Å². The molecule has 1 amide bonds. The maximum absolute atomic E-state index is 12.7. The summed E-state index contributed by atoms with van der Waals surface area (Å²) in [5, 5.41) is 8.50. The van der Waals surface area contributed by atoms with Crippen LogP contribution in [0.5, 0.6) is 0 Å². The number of nitrogens with zero attached hydrogens (tertiary/aromatic N) is 5. The highest BCUT2D eigenvalue weighted by Crippen LogP contribution is 2.29. The Balaban J connectivity index is 1.48.